The molecule has 1 amide bonds. The van der Waals surface area contributed by atoms with Crippen molar-refractivity contribution >= 4 is 28.5 Å². The largest absolute Gasteiger partial charge is 0.339 e. The summed E-state index contributed by atoms with van der Waals surface area (Å²) in [5.41, 5.74) is 1.93. The summed E-state index contributed by atoms with van der Waals surface area (Å²) in [6.45, 7) is 3.63. The van der Waals surface area contributed by atoms with Crippen molar-refractivity contribution in [1.29, 1.82) is 0 Å². The number of amides is 1. The summed E-state index contributed by atoms with van der Waals surface area (Å²) in [6, 6.07) is 24.6. The number of nitrogens with zero attached hydrogens (tertiary/aromatic N) is 4. The van der Waals surface area contributed by atoms with Crippen LogP contribution in [-0.4, -0.2) is 51.0 Å². The van der Waals surface area contributed by atoms with Gasteiger partial charge in [0, 0.05) is 37.7 Å². The SMILES string of the molecule is O=C(Cn1c(=O)c(=O)n(Cc2ccc(Cl)cc2)c2ccccc21)N1CCN(Cc2ccccc2)CC1. The lowest BCUT2D eigenvalue weighted by atomic mass is 10.2. The van der Waals surface area contributed by atoms with Crippen LogP contribution in [0.2, 0.25) is 5.02 Å². The van der Waals surface area contributed by atoms with Gasteiger partial charge in [0.25, 0.3) is 0 Å². The Kier molecular flexibility index (Phi) is 7.02. The lowest BCUT2D eigenvalue weighted by molar-refractivity contribution is -0.133. The molecular formula is C28H27ClN4O3. The zero-order valence-corrected chi connectivity index (χ0v) is 20.6. The predicted octanol–water partition coefficient (Wildman–Crippen LogP) is 3.21. The fourth-order valence-corrected chi connectivity index (χ4v) is 4.81. The molecule has 1 aliphatic rings. The summed E-state index contributed by atoms with van der Waals surface area (Å²) in [5, 5.41) is 0.603. The molecule has 0 spiro atoms. The van der Waals surface area contributed by atoms with Gasteiger partial charge in [-0.25, -0.2) is 0 Å². The molecule has 0 N–H and O–H groups in total. The third-order valence-corrected chi connectivity index (χ3v) is 6.91. The van der Waals surface area contributed by atoms with Crippen LogP contribution in [0.4, 0.5) is 0 Å². The number of hydrogen-bond acceptors (Lipinski definition) is 4. The maximum Gasteiger partial charge on any atom is 0.317 e. The standard InChI is InChI=1S/C28H27ClN4O3/c29-23-12-10-22(11-13-23)19-32-24-8-4-5-9-25(24)33(28(36)27(32)35)20-26(34)31-16-14-30(15-17-31)18-21-6-2-1-3-7-21/h1-13H,14-20H2. The predicted molar refractivity (Wildman–Crippen MR) is 141 cm³/mol. The van der Waals surface area contributed by atoms with Gasteiger partial charge in [-0.15, -0.1) is 0 Å². The van der Waals surface area contributed by atoms with Crippen molar-refractivity contribution in [3.8, 4) is 0 Å². The first-order chi connectivity index (χ1) is 17.5. The molecule has 0 radical (unpaired) electrons. The number of para-hydroxylation sites is 2. The van der Waals surface area contributed by atoms with E-state index in [1.807, 2.05) is 42.5 Å². The molecule has 0 atom stereocenters. The molecular weight excluding hydrogens is 476 g/mol. The summed E-state index contributed by atoms with van der Waals surface area (Å²) in [7, 11) is 0. The summed E-state index contributed by atoms with van der Waals surface area (Å²) in [4.78, 5) is 43.5. The average molecular weight is 503 g/mol. The zero-order chi connectivity index (χ0) is 25.1. The van der Waals surface area contributed by atoms with Gasteiger partial charge in [-0.05, 0) is 35.4 Å². The molecule has 1 saturated heterocycles. The van der Waals surface area contributed by atoms with Gasteiger partial charge in [-0.2, -0.15) is 0 Å². The number of carbonyl (C=O) groups is 1. The lowest BCUT2D eigenvalue weighted by Crippen LogP contribution is -2.50. The summed E-state index contributed by atoms with van der Waals surface area (Å²) >= 11 is 5.98. The maximum absolute atomic E-state index is 13.2. The lowest BCUT2D eigenvalue weighted by Gasteiger charge is -2.35. The van der Waals surface area contributed by atoms with Gasteiger partial charge < -0.3 is 4.90 Å². The third-order valence-electron chi connectivity index (χ3n) is 6.66. The summed E-state index contributed by atoms with van der Waals surface area (Å²) < 4.78 is 2.78. The van der Waals surface area contributed by atoms with E-state index in [2.05, 4.69) is 17.0 Å². The topological polar surface area (TPSA) is 67.5 Å². The Hall–Kier alpha value is -3.68. The number of benzene rings is 3. The fraction of sp³-hybridized carbons (Fsp3) is 0.250. The van der Waals surface area contributed by atoms with Gasteiger partial charge in [0.2, 0.25) is 5.91 Å². The third kappa shape index (κ3) is 5.12. The van der Waals surface area contributed by atoms with Gasteiger partial charge >= 0.3 is 11.1 Å². The minimum atomic E-state index is -0.696. The molecule has 8 heteroatoms. The molecule has 3 aromatic carbocycles. The van der Waals surface area contributed by atoms with E-state index in [0.29, 0.717) is 29.1 Å². The molecule has 0 saturated carbocycles. The molecule has 5 rings (SSSR count). The van der Waals surface area contributed by atoms with Crippen molar-refractivity contribution in [2.24, 2.45) is 0 Å². The van der Waals surface area contributed by atoms with E-state index >= 15 is 0 Å². The van der Waals surface area contributed by atoms with Crippen LogP contribution in [0, 0.1) is 0 Å². The van der Waals surface area contributed by atoms with Gasteiger partial charge in [0.1, 0.15) is 6.54 Å². The highest BCUT2D eigenvalue weighted by molar-refractivity contribution is 6.30. The van der Waals surface area contributed by atoms with Crippen molar-refractivity contribution in [2.45, 2.75) is 19.6 Å². The second-order valence-corrected chi connectivity index (χ2v) is 9.48. The Bertz CT molecular complexity index is 1490. The first-order valence-electron chi connectivity index (χ1n) is 12.0. The smallest absolute Gasteiger partial charge is 0.317 e. The highest BCUT2D eigenvalue weighted by Gasteiger charge is 2.23. The van der Waals surface area contributed by atoms with Gasteiger partial charge in [-0.1, -0.05) is 66.2 Å². The van der Waals surface area contributed by atoms with Crippen LogP contribution >= 0.6 is 11.6 Å². The van der Waals surface area contributed by atoms with Crippen LogP contribution < -0.4 is 11.1 Å². The van der Waals surface area contributed by atoms with Crippen molar-refractivity contribution in [3.05, 3.63) is 116 Å². The number of hydrogen-bond donors (Lipinski definition) is 0. The number of fused-ring (bicyclic) bond motifs is 1. The molecule has 1 fully saturated rings. The Morgan fingerprint density at radius 2 is 1.22 bits per heavy atom. The Labute approximate surface area is 213 Å². The highest BCUT2D eigenvalue weighted by atomic mass is 35.5. The molecule has 0 aliphatic carbocycles. The number of aromatic nitrogens is 2. The molecule has 184 valence electrons. The molecule has 7 nitrogen and oxygen atoms in total. The first kappa shape index (κ1) is 24.0. The van der Waals surface area contributed by atoms with E-state index in [-0.39, 0.29) is 19.0 Å². The minimum Gasteiger partial charge on any atom is -0.339 e. The van der Waals surface area contributed by atoms with Gasteiger partial charge in [0.05, 0.1) is 17.6 Å². The molecule has 4 aromatic rings. The van der Waals surface area contributed by atoms with Crippen molar-refractivity contribution < 1.29 is 4.79 Å². The summed E-state index contributed by atoms with van der Waals surface area (Å²) in [6.07, 6.45) is 0. The average Bonchev–Trinajstić information content (AvgIpc) is 2.91. The Morgan fingerprint density at radius 3 is 1.89 bits per heavy atom. The number of piperazine rings is 1. The highest BCUT2D eigenvalue weighted by Crippen LogP contribution is 2.15. The zero-order valence-electron chi connectivity index (χ0n) is 19.8. The van der Waals surface area contributed by atoms with Crippen LogP contribution in [0.5, 0.6) is 0 Å². The Balaban J connectivity index is 1.35. The van der Waals surface area contributed by atoms with Crippen LogP contribution in [0.1, 0.15) is 11.1 Å². The van der Waals surface area contributed by atoms with Gasteiger partial charge in [0.15, 0.2) is 0 Å². The normalized spacial score (nSPS) is 14.3. The van der Waals surface area contributed by atoms with Crippen molar-refractivity contribution in [1.82, 2.24) is 18.9 Å². The number of halogens is 1. The quantitative estimate of drug-likeness (QED) is 0.380. The van der Waals surface area contributed by atoms with Crippen LogP contribution in [0.25, 0.3) is 11.0 Å². The van der Waals surface area contributed by atoms with E-state index in [9.17, 15) is 14.4 Å². The first-order valence-corrected chi connectivity index (χ1v) is 12.4. The Morgan fingerprint density at radius 1 is 0.667 bits per heavy atom. The van der Waals surface area contributed by atoms with E-state index in [4.69, 9.17) is 11.6 Å². The molecule has 36 heavy (non-hydrogen) atoms. The molecule has 2 heterocycles. The fourth-order valence-electron chi connectivity index (χ4n) is 4.69. The molecule has 1 aromatic heterocycles. The molecule has 0 bridgehead atoms. The second-order valence-electron chi connectivity index (χ2n) is 9.04. The van der Waals surface area contributed by atoms with Gasteiger partial charge in [-0.3, -0.25) is 28.4 Å². The minimum absolute atomic E-state index is 0.156. The van der Waals surface area contributed by atoms with E-state index in [0.717, 1.165) is 25.2 Å². The van der Waals surface area contributed by atoms with Crippen LogP contribution in [0.3, 0.4) is 0 Å². The van der Waals surface area contributed by atoms with E-state index in [1.165, 1.54) is 14.7 Å². The monoisotopic (exact) mass is 502 g/mol. The maximum atomic E-state index is 13.2. The van der Waals surface area contributed by atoms with Crippen molar-refractivity contribution in [2.75, 3.05) is 26.2 Å². The molecule has 0 unspecified atom stereocenters. The van der Waals surface area contributed by atoms with Crippen LogP contribution in [-0.2, 0) is 24.4 Å². The second kappa shape index (κ2) is 10.5. The van der Waals surface area contributed by atoms with E-state index in [1.54, 1.807) is 29.2 Å². The summed E-state index contributed by atoms with van der Waals surface area (Å²) in [5.74, 6) is -0.156. The number of rotatable bonds is 6. The van der Waals surface area contributed by atoms with Crippen molar-refractivity contribution in [3.63, 3.8) is 0 Å². The molecule has 1 aliphatic heterocycles. The van der Waals surface area contributed by atoms with Crippen LogP contribution in [0.15, 0.2) is 88.5 Å². The number of carbonyl (C=O) groups excluding carboxylic acids is 1. The van der Waals surface area contributed by atoms with E-state index < -0.39 is 11.1 Å².